The standard InChI is InChI=1S/C17H8Cl4FN/c18-11-1-9(2-12(19)5-11)15-8-23-17(7-16(15)22)10-3-13(20)6-14(21)4-10/h1-8H. The molecule has 0 aliphatic heterocycles. The van der Waals surface area contributed by atoms with Crippen molar-refractivity contribution in [3.05, 3.63) is 74.6 Å². The molecule has 6 heteroatoms. The molecule has 0 amide bonds. The predicted octanol–water partition coefficient (Wildman–Crippen LogP) is 7.17. The van der Waals surface area contributed by atoms with Crippen molar-refractivity contribution in [2.45, 2.75) is 0 Å². The molecule has 0 spiro atoms. The summed E-state index contributed by atoms with van der Waals surface area (Å²) in [5.74, 6) is -0.440. The maximum atomic E-state index is 14.5. The maximum Gasteiger partial charge on any atom is 0.134 e. The van der Waals surface area contributed by atoms with Crippen LogP contribution in [0.25, 0.3) is 22.4 Å². The second kappa shape index (κ2) is 6.66. The van der Waals surface area contributed by atoms with E-state index in [0.29, 0.717) is 42.5 Å². The summed E-state index contributed by atoms with van der Waals surface area (Å²) in [6, 6.07) is 11.1. The van der Waals surface area contributed by atoms with Crippen LogP contribution in [0.3, 0.4) is 0 Å². The number of halogens is 5. The van der Waals surface area contributed by atoms with Crippen molar-refractivity contribution in [3.63, 3.8) is 0 Å². The van der Waals surface area contributed by atoms with Crippen LogP contribution in [-0.4, -0.2) is 4.98 Å². The zero-order valence-electron chi connectivity index (χ0n) is 11.5. The Labute approximate surface area is 152 Å². The molecule has 2 aromatic carbocycles. The van der Waals surface area contributed by atoms with Gasteiger partial charge in [-0.15, -0.1) is 0 Å². The van der Waals surface area contributed by atoms with Crippen LogP contribution in [0.4, 0.5) is 4.39 Å². The number of aromatic nitrogens is 1. The van der Waals surface area contributed by atoms with Gasteiger partial charge < -0.3 is 0 Å². The minimum atomic E-state index is -0.440. The molecular weight excluding hydrogens is 379 g/mol. The fraction of sp³-hybridized carbons (Fsp3) is 0. The maximum absolute atomic E-state index is 14.5. The molecular formula is C17H8Cl4FN. The fourth-order valence-corrected chi connectivity index (χ4v) is 3.26. The zero-order valence-corrected chi connectivity index (χ0v) is 14.5. The molecule has 1 aromatic heterocycles. The molecule has 0 fully saturated rings. The van der Waals surface area contributed by atoms with Gasteiger partial charge in [-0.2, -0.15) is 0 Å². The Bertz CT molecular complexity index is 855. The van der Waals surface area contributed by atoms with Crippen LogP contribution in [0, 0.1) is 5.82 Å². The number of rotatable bonds is 2. The van der Waals surface area contributed by atoms with E-state index in [1.54, 1.807) is 36.4 Å². The van der Waals surface area contributed by atoms with Gasteiger partial charge in [-0.1, -0.05) is 46.4 Å². The van der Waals surface area contributed by atoms with Gasteiger partial charge in [0.25, 0.3) is 0 Å². The molecule has 116 valence electrons. The molecule has 23 heavy (non-hydrogen) atoms. The lowest BCUT2D eigenvalue weighted by Crippen LogP contribution is -1.91. The highest BCUT2D eigenvalue weighted by Crippen LogP contribution is 2.31. The van der Waals surface area contributed by atoms with Crippen LogP contribution < -0.4 is 0 Å². The summed E-state index contributed by atoms with van der Waals surface area (Å²) in [4.78, 5) is 4.28. The Kier molecular flexibility index (Phi) is 4.79. The van der Waals surface area contributed by atoms with Crippen LogP contribution in [0.2, 0.25) is 20.1 Å². The lowest BCUT2D eigenvalue weighted by molar-refractivity contribution is 0.630. The minimum absolute atomic E-state index is 0.311. The first kappa shape index (κ1) is 16.5. The molecule has 0 bridgehead atoms. The largest absolute Gasteiger partial charge is 0.255 e. The van der Waals surface area contributed by atoms with E-state index < -0.39 is 5.82 Å². The third-order valence-electron chi connectivity index (χ3n) is 3.19. The van der Waals surface area contributed by atoms with Crippen molar-refractivity contribution < 1.29 is 4.39 Å². The molecule has 1 nitrogen and oxygen atoms in total. The first-order valence-corrected chi connectivity index (χ1v) is 8.02. The highest BCUT2D eigenvalue weighted by molar-refractivity contribution is 6.35. The topological polar surface area (TPSA) is 12.9 Å². The lowest BCUT2D eigenvalue weighted by atomic mass is 10.1. The molecule has 0 aliphatic rings. The molecule has 0 unspecified atom stereocenters. The normalized spacial score (nSPS) is 10.8. The highest BCUT2D eigenvalue weighted by atomic mass is 35.5. The van der Waals surface area contributed by atoms with Crippen LogP contribution in [0.1, 0.15) is 0 Å². The Morgan fingerprint density at radius 2 is 1.13 bits per heavy atom. The van der Waals surface area contributed by atoms with Crippen molar-refractivity contribution in [3.8, 4) is 22.4 Å². The second-order valence-corrected chi connectivity index (χ2v) is 6.61. The van der Waals surface area contributed by atoms with Gasteiger partial charge in [0, 0.05) is 43.5 Å². The second-order valence-electron chi connectivity index (χ2n) is 4.87. The molecule has 0 aliphatic carbocycles. The number of benzene rings is 2. The average molecular weight is 387 g/mol. The van der Waals surface area contributed by atoms with Gasteiger partial charge in [-0.05, 0) is 42.0 Å². The van der Waals surface area contributed by atoms with Crippen LogP contribution in [0.15, 0.2) is 48.7 Å². The van der Waals surface area contributed by atoms with Crippen molar-refractivity contribution in [2.24, 2.45) is 0 Å². The van der Waals surface area contributed by atoms with Gasteiger partial charge in [0.1, 0.15) is 5.82 Å². The SMILES string of the molecule is Fc1cc(-c2cc(Cl)cc(Cl)c2)ncc1-c1cc(Cl)cc(Cl)c1. The first-order chi connectivity index (χ1) is 10.9. The van der Waals surface area contributed by atoms with E-state index in [1.807, 2.05) is 0 Å². The molecule has 0 N–H and O–H groups in total. The average Bonchev–Trinajstić information content (AvgIpc) is 2.45. The van der Waals surface area contributed by atoms with E-state index in [0.717, 1.165) is 0 Å². The molecule has 0 radical (unpaired) electrons. The van der Waals surface area contributed by atoms with E-state index >= 15 is 0 Å². The molecule has 3 aromatic rings. The third kappa shape index (κ3) is 3.78. The molecule has 0 atom stereocenters. The summed E-state index contributed by atoms with van der Waals surface area (Å²) in [6.07, 6.45) is 1.43. The molecule has 1 heterocycles. The Balaban J connectivity index is 2.07. The lowest BCUT2D eigenvalue weighted by Gasteiger charge is -2.08. The Morgan fingerprint density at radius 3 is 1.61 bits per heavy atom. The summed E-state index contributed by atoms with van der Waals surface area (Å²) in [5, 5.41) is 1.77. The molecule has 0 saturated carbocycles. The third-order valence-corrected chi connectivity index (χ3v) is 4.06. The van der Waals surface area contributed by atoms with Crippen molar-refractivity contribution in [1.29, 1.82) is 0 Å². The van der Waals surface area contributed by atoms with Crippen molar-refractivity contribution in [2.75, 3.05) is 0 Å². The Hall–Kier alpha value is -1.32. The summed E-state index contributed by atoms with van der Waals surface area (Å²) in [6.45, 7) is 0. The first-order valence-electron chi connectivity index (χ1n) is 6.51. The summed E-state index contributed by atoms with van der Waals surface area (Å²) in [7, 11) is 0. The van der Waals surface area contributed by atoms with Crippen LogP contribution in [-0.2, 0) is 0 Å². The highest BCUT2D eigenvalue weighted by Gasteiger charge is 2.11. The predicted molar refractivity (Wildman–Crippen MR) is 95.1 cm³/mol. The van der Waals surface area contributed by atoms with E-state index in [9.17, 15) is 4.39 Å². The number of hydrogen-bond acceptors (Lipinski definition) is 1. The van der Waals surface area contributed by atoms with E-state index in [4.69, 9.17) is 46.4 Å². The summed E-state index contributed by atoms with van der Waals surface area (Å²) >= 11 is 23.8. The fourth-order valence-electron chi connectivity index (χ4n) is 2.21. The van der Waals surface area contributed by atoms with E-state index in [1.165, 1.54) is 12.3 Å². The zero-order chi connectivity index (χ0) is 16.6. The molecule has 0 saturated heterocycles. The van der Waals surface area contributed by atoms with Crippen LogP contribution in [0.5, 0.6) is 0 Å². The van der Waals surface area contributed by atoms with Gasteiger partial charge >= 0.3 is 0 Å². The molecule has 3 rings (SSSR count). The minimum Gasteiger partial charge on any atom is -0.255 e. The summed E-state index contributed by atoms with van der Waals surface area (Å²) < 4.78 is 14.5. The van der Waals surface area contributed by atoms with E-state index in [-0.39, 0.29) is 0 Å². The quantitative estimate of drug-likeness (QED) is 0.454. The summed E-state index contributed by atoms with van der Waals surface area (Å²) in [5.41, 5.74) is 1.94. The number of pyridine rings is 1. The van der Waals surface area contributed by atoms with Gasteiger partial charge in [-0.3, -0.25) is 4.98 Å². The van der Waals surface area contributed by atoms with Gasteiger partial charge in [0.15, 0.2) is 0 Å². The van der Waals surface area contributed by atoms with Crippen LogP contribution >= 0.6 is 46.4 Å². The van der Waals surface area contributed by atoms with Crippen molar-refractivity contribution in [1.82, 2.24) is 4.98 Å². The van der Waals surface area contributed by atoms with Gasteiger partial charge in [0.05, 0.1) is 5.69 Å². The smallest absolute Gasteiger partial charge is 0.134 e. The van der Waals surface area contributed by atoms with Gasteiger partial charge in [0.2, 0.25) is 0 Å². The van der Waals surface area contributed by atoms with Gasteiger partial charge in [-0.25, -0.2) is 4.39 Å². The number of hydrogen-bond donors (Lipinski definition) is 0. The monoisotopic (exact) mass is 385 g/mol. The Morgan fingerprint density at radius 1 is 0.652 bits per heavy atom. The van der Waals surface area contributed by atoms with Crippen molar-refractivity contribution >= 4 is 46.4 Å². The van der Waals surface area contributed by atoms with E-state index in [2.05, 4.69) is 4.98 Å². The number of nitrogens with zero attached hydrogens (tertiary/aromatic N) is 1.